The monoisotopic (exact) mass is 245 g/mol. The molecule has 0 fully saturated rings. The van der Waals surface area contributed by atoms with Crippen LogP contribution in [0.1, 0.15) is 33.6 Å². The molecule has 0 aromatic rings. The molecular formula is C12H27N3O2. The van der Waals surface area contributed by atoms with E-state index in [-0.39, 0.29) is 5.91 Å². The van der Waals surface area contributed by atoms with Crippen molar-refractivity contribution < 1.29 is 9.53 Å². The average molecular weight is 245 g/mol. The van der Waals surface area contributed by atoms with Gasteiger partial charge in [-0.15, -0.1) is 0 Å². The van der Waals surface area contributed by atoms with Crippen molar-refractivity contribution in [3.05, 3.63) is 0 Å². The molecule has 0 aliphatic carbocycles. The van der Waals surface area contributed by atoms with Crippen molar-refractivity contribution in [3.63, 3.8) is 0 Å². The van der Waals surface area contributed by atoms with Crippen molar-refractivity contribution in [2.75, 3.05) is 26.8 Å². The fourth-order valence-corrected chi connectivity index (χ4v) is 1.76. The first-order valence-electron chi connectivity index (χ1n) is 6.23. The molecule has 1 unspecified atom stereocenters. The summed E-state index contributed by atoms with van der Waals surface area (Å²) < 4.78 is 5.11. The van der Waals surface area contributed by atoms with E-state index in [1.165, 1.54) is 0 Å². The molecule has 0 rings (SSSR count). The molecule has 0 bridgehead atoms. The summed E-state index contributed by atoms with van der Waals surface area (Å²) in [5.41, 5.74) is 2.16. The minimum absolute atomic E-state index is 0.104. The van der Waals surface area contributed by atoms with Gasteiger partial charge in [-0.1, -0.05) is 13.8 Å². The van der Waals surface area contributed by atoms with Crippen molar-refractivity contribution in [1.29, 1.82) is 0 Å². The minimum atomic E-state index is -0.104. The molecule has 3 N–H and O–H groups in total. The van der Waals surface area contributed by atoms with E-state index < -0.39 is 0 Å². The van der Waals surface area contributed by atoms with Crippen LogP contribution in [0, 0.1) is 5.92 Å². The summed E-state index contributed by atoms with van der Waals surface area (Å²) in [6.07, 6.45) is 1.29. The van der Waals surface area contributed by atoms with Crippen LogP contribution >= 0.6 is 0 Å². The van der Waals surface area contributed by atoms with E-state index in [0.29, 0.717) is 18.4 Å². The number of hydrogen-bond acceptors (Lipinski definition) is 4. The van der Waals surface area contributed by atoms with Gasteiger partial charge < -0.3 is 4.74 Å². The fraction of sp³-hybridized carbons (Fsp3) is 0.917. The molecule has 0 radical (unpaired) electrons. The maximum absolute atomic E-state index is 11.1. The number of ether oxygens (including phenoxy) is 1. The number of hydrazine groups is 1. The van der Waals surface area contributed by atoms with E-state index in [9.17, 15) is 4.79 Å². The Kier molecular flexibility index (Phi) is 9.03. The van der Waals surface area contributed by atoms with Gasteiger partial charge in [-0.3, -0.25) is 15.1 Å². The van der Waals surface area contributed by atoms with Gasteiger partial charge in [0.05, 0.1) is 6.61 Å². The molecule has 0 aromatic carbocycles. The van der Waals surface area contributed by atoms with Crippen LogP contribution in [0.2, 0.25) is 0 Å². The first kappa shape index (κ1) is 16.4. The Balaban J connectivity index is 4.10. The average Bonchev–Trinajstić information content (AvgIpc) is 2.30. The molecule has 5 heteroatoms. The van der Waals surface area contributed by atoms with Crippen LogP contribution in [0.4, 0.5) is 0 Å². The first-order valence-corrected chi connectivity index (χ1v) is 6.23. The molecule has 17 heavy (non-hydrogen) atoms. The lowest BCUT2D eigenvalue weighted by molar-refractivity contribution is -0.121. The zero-order valence-corrected chi connectivity index (χ0v) is 11.5. The van der Waals surface area contributed by atoms with Crippen LogP contribution in [0.15, 0.2) is 0 Å². The number of hydrogen-bond donors (Lipinski definition) is 2. The fourth-order valence-electron chi connectivity index (χ4n) is 1.76. The van der Waals surface area contributed by atoms with E-state index in [4.69, 9.17) is 10.6 Å². The lowest BCUT2D eigenvalue weighted by Crippen LogP contribution is -2.39. The van der Waals surface area contributed by atoms with Gasteiger partial charge in [0.15, 0.2) is 0 Å². The number of amides is 1. The van der Waals surface area contributed by atoms with E-state index in [1.54, 1.807) is 7.11 Å². The number of carbonyl (C=O) groups excluding carboxylic acids is 1. The predicted octanol–water partition coefficient (Wildman–Crippen LogP) is 0.749. The second-order valence-corrected chi connectivity index (χ2v) is 4.84. The molecule has 0 saturated carbocycles. The van der Waals surface area contributed by atoms with Crippen molar-refractivity contribution in [1.82, 2.24) is 10.3 Å². The molecule has 0 aromatic heterocycles. The highest BCUT2D eigenvalue weighted by Gasteiger charge is 2.15. The Hall–Kier alpha value is -0.650. The summed E-state index contributed by atoms with van der Waals surface area (Å²) >= 11 is 0. The maximum Gasteiger partial charge on any atom is 0.233 e. The SMILES string of the molecule is COCCN(CC(C)C)C(C)CCC(=O)NN. The number of carbonyl (C=O) groups is 1. The Bertz CT molecular complexity index is 210. The molecule has 1 atom stereocenters. The molecular weight excluding hydrogens is 218 g/mol. The number of rotatable bonds is 9. The lowest BCUT2D eigenvalue weighted by atomic mass is 10.1. The number of nitrogens with two attached hydrogens (primary N) is 1. The largest absolute Gasteiger partial charge is 0.383 e. The molecule has 0 saturated heterocycles. The summed E-state index contributed by atoms with van der Waals surface area (Å²) in [7, 11) is 1.71. The number of methoxy groups -OCH3 is 1. The number of nitrogens with zero attached hydrogens (tertiary/aromatic N) is 1. The van der Waals surface area contributed by atoms with Gasteiger partial charge in [-0.25, -0.2) is 5.84 Å². The van der Waals surface area contributed by atoms with E-state index in [2.05, 4.69) is 31.1 Å². The molecule has 0 aliphatic rings. The van der Waals surface area contributed by atoms with Gasteiger partial charge in [0, 0.05) is 32.7 Å². The molecule has 0 spiro atoms. The smallest absolute Gasteiger partial charge is 0.233 e. The van der Waals surface area contributed by atoms with Crippen molar-refractivity contribution in [2.24, 2.45) is 11.8 Å². The normalized spacial score (nSPS) is 13.1. The van der Waals surface area contributed by atoms with Gasteiger partial charge in [-0.2, -0.15) is 0 Å². The Morgan fingerprint density at radius 2 is 2.06 bits per heavy atom. The summed E-state index contributed by atoms with van der Waals surface area (Å²) in [4.78, 5) is 13.5. The highest BCUT2D eigenvalue weighted by molar-refractivity contribution is 5.75. The lowest BCUT2D eigenvalue weighted by Gasteiger charge is -2.30. The Morgan fingerprint density at radius 1 is 1.41 bits per heavy atom. The van der Waals surface area contributed by atoms with Crippen LogP contribution in [-0.4, -0.2) is 43.7 Å². The second kappa shape index (κ2) is 9.39. The van der Waals surface area contributed by atoms with Gasteiger partial charge >= 0.3 is 0 Å². The third-order valence-electron chi connectivity index (χ3n) is 2.76. The quantitative estimate of drug-likeness (QED) is 0.357. The maximum atomic E-state index is 11.1. The van der Waals surface area contributed by atoms with Crippen LogP contribution in [0.25, 0.3) is 0 Å². The summed E-state index contributed by atoms with van der Waals surface area (Å²) in [6, 6.07) is 0.366. The van der Waals surface area contributed by atoms with Crippen molar-refractivity contribution in [2.45, 2.75) is 39.7 Å². The van der Waals surface area contributed by atoms with Gasteiger partial charge in [0.2, 0.25) is 5.91 Å². The van der Waals surface area contributed by atoms with Crippen molar-refractivity contribution >= 4 is 5.91 Å². The summed E-state index contributed by atoms with van der Waals surface area (Å²) in [6.45, 7) is 9.18. The van der Waals surface area contributed by atoms with Gasteiger partial charge in [-0.05, 0) is 19.3 Å². The van der Waals surface area contributed by atoms with Crippen molar-refractivity contribution in [3.8, 4) is 0 Å². The molecule has 5 nitrogen and oxygen atoms in total. The van der Waals surface area contributed by atoms with E-state index in [1.807, 2.05) is 0 Å². The van der Waals surface area contributed by atoms with E-state index in [0.717, 1.165) is 26.1 Å². The number of nitrogens with one attached hydrogen (secondary N) is 1. The third kappa shape index (κ3) is 8.12. The molecule has 1 amide bonds. The standard InChI is InChI=1S/C12H27N3O2/c1-10(2)9-15(7-8-17-4)11(3)5-6-12(16)14-13/h10-11H,5-9,13H2,1-4H3,(H,14,16). The third-order valence-corrected chi connectivity index (χ3v) is 2.76. The van der Waals surface area contributed by atoms with Gasteiger partial charge in [0.25, 0.3) is 0 Å². The molecule has 0 aliphatic heterocycles. The van der Waals surface area contributed by atoms with Crippen LogP contribution in [0.3, 0.4) is 0 Å². The van der Waals surface area contributed by atoms with Gasteiger partial charge in [0.1, 0.15) is 0 Å². The summed E-state index contributed by atoms with van der Waals surface area (Å²) in [5.74, 6) is 5.57. The zero-order valence-electron chi connectivity index (χ0n) is 11.5. The zero-order chi connectivity index (χ0) is 13.3. The van der Waals surface area contributed by atoms with E-state index >= 15 is 0 Å². The van der Waals surface area contributed by atoms with Crippen LogP contribution in [0.5, 0.6) is 0 Å². The first-order chi connectivity index (χ1) is 8.01. The Morgan fingerprint density at radius 3 is 2.53 bits per heavy atom. The highest BCUT2D eigenvalue weighted by atomic mass is 16.5. The molecule has 0 heterocycles. The topological polar surface area (TPSA) is 67.6 Å². The predicted molar refractivity (Wildman–Crippen MR) is 69.3 cm³/mol. The highest BCUT2D eigenvalue weighted by Crippen LogP contribution is 2.09. The second-order valence-electron chi connectivity index (χ2n) is 4.84. The van der Waals surface area contributed by atoms with Crippen LogP contribution in [-0.2, 0) is 9.53 Å². The minimum Gasteiger partial charge on any atom is -0.383 e. The summed E-state index contributed by atoms with van der Waals surface area (Å²) in [5, 5.41) is 0. The Labute approximate surface area is 105 Å². The van der Waals surface area contributed by atoms with Crippen LogP contribution < -0.4 is 11.3 Å². The molecule has 102 valence electrons.